The summed E-state index contributed by atoms with van der Waals surface area (Å²) in [5.74, 6) is -0.261. The van der Waals surface area contributed by atoms with Crippen LogP contribution in [-0.4, -0.2) is 15.3 Å². The Morgan fingerprint density at radius 3 is 2.78 bits per heavy atom. The van der Waals surface area contributed by atoms with Crippen molar-refractivity contribution in [3.8, 4) is 5.75 Å². The van der Waals surface area contributed by atoms with E-state index >= 15 is 0 Å². The third-order valence-electron chi connectivity index (χ3n) is 2.98. The molecule has 0 amide bonds. The van der Waals surface area contributed by atoms with Gasteiger partial charge in [0.1, 0.15) is 11.6 Å². The number of benzene rings is 1. The molecule has 3 N–H and O–H groups in total. The number of phenolic OH excluding ortho intramolecular Hbond substituents is 1. The van der Waals surface area contributed by atoms with Crippen molar-refractivity contribution in [2.75, 3.05) is 0 Å². The van der Waals surface area contributed by atoms with Crippen LogP contribution in [0.15, 0.2) is 30.6 Å². The normalized spacial score (nSPS) is 14.4. The first-order valence-electron chi connectivity index (χ1n) is 5.81. The van der Waals surface area contributed by atoms with Gasteiger partial charge in [-0.05, 0) is 32.0 Å². The predicted molar refractivity (Wildman–Crippen MR) is 66.6 cm³/mol. The number of hydrogen-bond acceptors (Lipinski definition) is 3. The number of aromatic hydroxyl groups is 1. The minimum absolute atomic E-state index is 0.0569. The molecule has 0 spiro atoms. The molecule has 0 fully saturated rings. The molecule has 96 valence electrons. The van der Waals surface area contributed by atoms with Crippen LogP contribution in [0.1, 0.15) is 37.1 Å². The van der Waals surface area contributed by atoms with Gasteiger partial charge in [0.05, 0.1) is 6.20 Å². The van der Waals surface area contributed by atoms with Crippen LogP contribution in [0.3, 0.4) is 0 Å². The molecule has 1 aromatic heterocycles. The van der Waals surface area contributed by atoms with E-state index in [1.807, 2.05) is 13.8 Å². The standard InChI is InChI=1S/C13H16FN3O/c1-8(10-6-15-16-7-10)17-9(2)12-5-11(14)3-4-13(12)18/h3-9,17-18H,1-2H3,(H,15,16). The molecule has 2 rings (SSSR count). The lowest BCUT2D eigenvalue weighted by molar-refractivity contribution is 0.435. The van der Waals surface area contributed by atoms with E-state index in [1.54, 1.807) is 12.4 Å². The number of halogens is 1. The number of hydrogen-bond donors (Lipinski definition) is 3. The summed E-state index contributed by atoms with van der Waals surface area (Å²) < 4.78 is 13.2. The van der Waals surface area contributed by atoms with E-state index in [-0.39, 0.29) is 23.7 Å². The molecule has 0 radical (unpaired) electrons. The summed E-state index contributed by atoms with van der Waals surface area (Å²) in [6.45, 7) is 3.86. The molecule has 18 heavy (non-hydrogen) atoms. The van der Waals surface area contributed by atoms with E-state index in [4.69, 9.17) is 0 Å². The lowest BCUT2D eigenvalue weighted by Gasteiger charge is -2.20. The Labute approximate surface area is 105 Å². The molecule has 0 saturated heterocycles. The molecule has 0 saturated carbocycles. The second-order valence-corrected chi connectivity index (χ2v) is 4.34. The molecule has 4 nitrogen and oxygen atoms in total. The van der Waals surface area contributed by atoms with Crippen molar-refractivity contribution in [3.05, 3.63) is 47.5 Å². The van der Waals surface area contributed by atoms with Gasteiger partial charge in [-0.2, -0.15) is 5.10 Å². The average molecular weight is 249 g/mol. The Bertz CT molecular complexity index is 513. The number of nitrogens with zero attached hydrogens (tertiary/aromatic N) is 1. The Kier molecular flexibility index (Phi) is 3.62. The zero-order chi connectivity index (χ0) is 13.1. The number of aromatic amines is 1. The third kappa shape index (κ3) is 2.68. The van der Waals surface area contributed by atoms with Gasteiger partial charge in [0.2, 0.25) is 0 Å². The quantitative estimate of drug-likeness (QED) is 0.780. The molecule has 0 bridgehead atoms. The highest BCUT2D eigenvalue weighted by molar-refractivity contribution is 5.35. The fourth-order valence-corrected chi connectivity index (χ4v) is 1.93. The number of phenols is 1. The Morgan fingerprint density at radius 2 is 2.11 bits per heavy atom. The van der Waals surface area contributed by atoms with Gasteiger partial charge in [0.25, 0.3) is 0 Å². The molecule has 0 aliphatic rings. The number of rotatable bonds is 4. The summed E-state index contributed by atoms with van der Waals surface area (Å²) >= 11 is 0. The van der Waals surface area contributed by atoms with Crippen molar-refractivity contribution in [1.82, 2.24) is 15.5 Å². The summed E-state index contributed by atoms with van der Waals surface area (Å²) in [4.78, 5) is 0. The number of nitrogens with one attached hydrogen (secondary N) is 2. The van der Waals surface area contributed by atoms with Crippen LogP contribution in [0.25, 0.3) is 0 Å². The van der Waals surface area contributed by atoms with Gasteiger partial charge in [-0.15, -0.1) is 0 Å². The van der Waals surface area contributed by atoms with Gasteiger partial charge in [-0.1, -0.05) is 0 Å². The fraction of sp³-hybridized carbons (Fsp3) is 0.308. The zero-order valence-electron chi connectivity index (χ0n) is 10.3. The maximum atomic E-state index is 13.2. The van der Waals surface area contributed by atoms with Crippen LogP contribution in [0.2, 0.25) is 0 Å². The topological polar surface area (TPSA) is 60.9 Å². The molecule has 2 aromatic rings. The van der Waals surface area contributed by atoms with Crippen molar-refractivity contribution >= 4 is 0 Å². The van der Waals surface area contributed by atoms with Gasteiger partial charge in [0.15, 0.2) is 0 Å². The van der Waals surface area contributed by atoms with Crippen LogP contribution in [0.5, 0.6) is 5.75 Å². The lowest BCUT2D eigenvalue weighted by atomic mass is 10.0. The Balaban J connectivity index is 2.12. The molecule has 1 heterocycles. The first kappa shape index (κ1) is 12.6. The van der Waals surface area contributed by atoms with E-state index < -0.39 is 0 Å². The second-order valence-electron chi connectivity index (χ2n) is 4.34. The lowest BCUT2D eigenvalue weighted by Crippen LogP contribution is -2.22. The molecule has 2 atom stereocenters. The maximum Gasteiger partial charge on any atom is 0.123 e. The zero-order valence-corrected chi connectivity index (χ0v) is 10.3. The largest absolute Gasteiger partial charge is 0.508 e. The minimum atomic E-state index is -0.354. The van der Waals surface area contributed by atoms with Gasteiger partial charge < -0.3 is 10.4 Å². The van der Waals surface area contributed by atoms with E-state index in [0.29, 0.717) is 5.56 Å². The summed E-state index contributed by atoms with van der Waals surface area (Å²) in [7, 11) is 0. The van der Waals surface area contributed by atoms with E-state index in [0.717, 1.165) is 5.56 Å². The van der Waals surface area contributed by atoms with Crippen molar-refractivity contribution in [2.24, 2.45) is 0 Å². The van der Waals surface area contributed by atoms with Crippen molar-refractivity contribution < 1.29 is 9.50 Å². The van der Waals surface area contributed by atoms with Crippen LogP contribution in [0.4, 0.5) is 4.39 Å². The van der Waals surface area contributed by atoms with Crippen LogP contribution in [0, 0.1) is 5.82 Å². The second kappa shape index (κ2) is 5.18. The molecule has 1 aromatic carbocycles. The average Bonchev–Trinajstić information content (AvgIpc) is 2.85. The highest BCUT2D eigenvalue weighted by atomic mass is 19.1. The third-order valence-corrected chi connectivity index (χ3v) is 2.98. The van der Waals surface area contributed by atoms with Gasteiger partial charge in [-0.3, -0.25) is 5.10 Å². The summed E-state index contributed by atoms with van der Waals surface area (Å²) in [5, 5.41) is 19.6. The summed E-state index contributed by atoms with van der Waals surface area (Å²) in [5.41, 5.74) is 1.56. The molecule has 2 unspecified atom stereocenters. The smallest absolute Gasteiger partial charge is 0.123 e. The van der Waals surface area contributed by atoms with Crippen LogP contribution < -0.4 is 5.32 Å². The molecular formula is C13H16FN3O. The van der Waals surface area contributed by atoms with Crippen molar-refractivity contribution in [1.29, 1.82) is 0 Å². The van der Waals surface area contributed by atoms with Crippen molar-refractivity contribution in [2.45, 2.75) is 25.9 Å². The Morgan fingerprint density at radius 1 is 1.33 bits per heavy atom. The first-order valence-corrected chi connectivity index (χ1v) is 5.81. The SMILES string of the molecule is CC(NC(C)c1cc(F)ccc1O)c1cn[nH]c1. The molecule has 0 aliphatic heterocycles. The van der Waals surface area contributed by atoms with Crippen molar-refractivity contribution in [3.63, 3.8) is 0 Å². The maximum absolute atomic E-state index is 13.2. The predicted octanol–water partition coefficient (Wildman–Crippen LogP) is 2.67. The van der Waals surface area contributed by atoms with Crippen LogP contribution >= 0.6 is 0 Å². The van der Waals surface area contributed by atoms with E-state index in [2.05, 4.69) is 15.5 Å². The highest BCUT2D eigenvalue weighted by Crippen LogP contribution is 2.26. The first-order chi connectivity index (χ1) is 8.58. The van der Waals surface area contributed by atoms with Gasteiger partial charge in [0, 0.05) is 29.4 Å². The minimum Gasteiger partial charge on any atom is -0.508 e. The summed E-state index contributed by atoms with van der Waals surface area (Å²) in [6.07, 6.45) is 3.53. The van der Waals surface area contributed by atoms with E-state index in [9.17, 15) is 9.50 Å². The van der Waals surface area contributed by atoms with Gasteiger partial charge in [-0.25, -0.2) is 4.39 Å². The fourth-order valence-electron chi connectivity index (χ4n) is 1.93. The van der Waals surface area contributed by atoms with Crippen LogP contribution in [-0.2, 0) is 0 Å². The molecule has 0 aliphatic carbocycles. The Hall–Kier alpha value is -1.88. The molecule has 5 heteroatoms. The number of aromatic nitrogens is 2. The number of H-pyrrole nitrogens is 1. The van der Waals surface area contributed by atoms with Gasteiger partial charge >= 0.3 is 0 Å². The monoisotopic (exact) mass is 249 g/mol. The highest BCUT2D eigenvalue weighted by Gasteiger charge is 2.15. The summed E-state index contributed by atoms with van der Waals surface area (Å²) in [6, 6.07) is 3.85. The van der Waals surface area contributed by atoms with E-state index in [1.165, 1.54) is 18.2 Å². The molecular weight excluding hydrogens is 233 g/mol.